The summed E-state index contributed by atoms with van der Waals surface area (Å²) < 4.78 is 3.74. The molecule has 174 valence electrons. The van der Waals surface area contributed by atoms with E-state index in [9.17, 15) is 14.4 Å². The fourth-order valence-electron chi connectivity index (χ4n) is 3.89. The molecule has 0 aliphatic carbocycles. The first kappa shape index (κ1) is 23.0. The summed E-state index contributed by atoms with van der Waals surface area (Å²) in [6, 6.07) is 14.5. The second-order valence-electron chi connectivity index (χ2n) is 8.08. The van der Waals surface area contributed by atoms with Crippen molar-refractivity contribution in [2.24, 2.45) is 0 Å². The first-order valence-corrected chi connectivity index (χ1v) is 12.3. The third-order valence-corrected chi connectivity index (χ3v) is 6.44. The summed E-state index contributed by atoms with van der Waals surface area (Å²) in [5, 5.41) is 0. The molecule has 3 heterocycles. The van der Waals surface area contributed by atoms with Crippen molar-refractivity contribution in [3.05, 3.63) is 93.9 Å². The maximum absolute atomic E-state index is 12.8. The van der Waals surface area contributed by atoms with Crippen molar-refractivity contribution < 1.29 is 9.59 Å². The maximum Gasteiger partial charge on any atom is 0.350 e. The van der Waals surface area contributed by atoms with E-state index in [1.54, 1.807) is 30.6 Å². The Labute approximate surface area is 213 Å². The Bertz CT molecular complexity index is 1590. The zero-order valence-corrected chi connectivity index (χ0v) is 20.8. The fraction of sp³-hybridized carbons (Fsp3) is 0.160. The van der Waals surface area contributed by atoms with Gasteiger partial charge in [0.05, 0.1) is 23.8 Å². The lowest BCUT2D eigenvalue weighted by Crippen LogP contribution is -2.17. The standard InChI is InChI=1S/C25H19IN6O3/c1-15(33)18-6-2-16(3-7-18)11-31-14-29-21-22-24(28-13-27-23(21)31)32(25(35)30-22)12-17-4-8-19(9-5-17)20(34)10-26/h2-9,13-14H,10-12H2,1H3. The lowest BCUT2D eigenvalue weighted by atomic mass is 10.1. The van der Waals surface area contributed by atoms with Crippen molar-refractivity contribution >= 4 is 45.3 Å². The number of benzene rings is 2. The quantitative estimate of drug-likeness (QED) is 0.165. The number of halogens is 1. The van der Waals surface area contributed by atoms with Crippen LogP contribution in [0, 0.1) is 0 Å². The molecule has 0 atom stereocenters. The Hall–Kier alpha value is -3.80. The Balaban J connectivity index is 1.47. The van der Waals surface area contributed by atoms with Gasteiger partial charge >= 0.3 is 5.69 Å². The first-order chi connectivity index (χ1) is 16.9. The summed E-state index contributed by atoms with van der Waals surface area (Å²) in [5.41, 5.74) is 4.10. The molecule has 10 heteroatoms. The number of carbonyl (C=O) groups excluding carboxylic acids is 2. The number of alkyl halides is 1. The normalized spacial score (nSPS) is 11.3. The number of nitrogens with zero attached hydrogens (tertiary/aromatic N) is 6. The summed E-state index contributed by atoms with van der Waals surface area (Å²) in [6.45, 7) is 2.28. The number of Topliss-reactive ketones (excluding diaryl/α,β-unsaturated/α-hetero) is 2. The Morgan fingerprint density at radius 3 is 2.20 bits per heavy atom. The van der Waals surface area contributed by atoms with Crippen LogP contribution in [-0.4, -0.2) is 45.1 Å². The van der Waals surface area contributed by atoms with E-state index in [-0.39, 0.29) is 18.1 Å². The van der Waals surface area contributed by atoms with Crippen molar-refractivity contribution in [3.63, 3.8) is 0 Å². The molecule has 0 saturated carbocycles. The monoisotopic (exact) mass is 578 g/mol. The number of imidazole rings is 2. The number of carbonyl (C=O) groups is 2. The summed E-state index contributed by atoms with van der Waals surface area (Å²) in [6.07, 6.45) is 3.06. The van der Waals surface area contributed by atoms with E-state index >= 15 is 0 Å². The van der Waals surface area contributed by atoms with Gasteiger partial charge in [0.15, 0.2) is 23.0 Å². The second-order valence-corrected chi connectivity index (χ2v) is 8.84. The van der Waals surface area contributed by atoms with Gasteiger partial charge in [-0.15, -0.1) is 0 Å². The SMILES string of the molecule is CC(=O)c1ccc(Cn2cnc3c4nc(=O)n(Cc5ccc(C(=O)CI)cc5)c-4ncnc32)cc1. The van der Waals surface area contributed by atoms with Crippen LogP contribution >= 0.6 is 22.6 Å². The number of ketones is 2. The number of rotatable bonds is 7. The topological polar surface area (TPSA) is 113 Å². The lowest BCUT2D eigenvalue weighted by molar-refractivity contribution is 0.101. The molecular weight excluding hydrogens is 559 g/mol. The molecule has 0 unspecified atom stereocenters. The van der Waals surface area contributed by atoms with E-state index in [0.717, 1.165) is 11.1 Å². The third-order valence-electron chi connectivity index (χ3n) is 5.75. The number of hydrogen-bond acceptors (Lipinski definition) is 7. The first-order valence-electron chi connectivity index (χ1n) is 10.8. The minimum absolute atomic E-state index is 0.0147. The highest BCUT2D eigenvalue weighted by Crippen LogP contribution is 2.24. The molecule has 0 saturated heterocycles. The predicted molar refractivity (Wildman–Crippen MR) is 138 cm³/mol. The molecule has 2 aromatic carbocycles. The van der Waals surface area contributed by atoms with Crippen molar-refractivity contribution in [2.45, 2.75) is 20.0 Å². The highest BCUT2D eigenvalue weighted by atomic mass is 127. The highest BCUT2D eigenvalue weighted by molar-refractivity contribution is 14.1. The van der Waals surface area contributed by atoms with Gasteiger partial charge in [-0.1, -0.05) is 71.1 Å². The molecule has 0 spiro atoms. The average molecular weight is 578 g/mol. The Morgan fingerprint density at radius 1 is 0.886 bits per heavy atom. The smallest absolute Gasteiger partial charge is 0.311 e. The molecule has 0 fully saturated rings. The summed E-state index contributed by atoms with van der Waals surface area (Å²) in [5.74, 6) is 0.462. The zero-order valence-electron chi connectivity index (χ0n) is 18.7. The van der Waals surface area contributed by atoms with Gasteiger partial charge in [0.1, 0.15) is 17.5 Å². The highest BCUT2D eigenvalue weighted by Gasteiger charge is 2.21. The molecule has 1 aromatic heterocycles. The van der Waals surface area contributed by atoms with Crippen molar-refractivity contribution in [1.82, 2.24) is 29.1 Å². The van der Waals surface area contributed by atoms with Gasteiger partial charge < -0.3 is 4.57 Å². The third kappa shape index (κ3) is 4.48. The summed E-state index contributed by atoms with van der Waals surface area (Å²) >= 11 is 2.04. The van der Waals surface area contributed by atoms with Gasteiger partial charge in [0, 0.05) is 11.1 Å². The maximum atomic E-state index is 12.8. The second kappa shape index (κ2) is 9.45. The molecule has 5 rings (SSSR count). The number of fused-ring (bicyclic) bond motifs is 3. The number of hydrogen-bond donors (Lipinski definition) is 0. The van der Waals surface area contributed by atoms with Gasteiger partial charge in [-0.25, -0.2) is 19.7 Å². The van der Waals surface area contributed by atoms with Crippen molar-refractivity contribution in [1.29, 1.82) is 0 Å². The molecule has 0 amide bonds. The molecule has 3 aromatic rings. The van der Waals surface area contributed by atoms with Gasteiger partial charge in [0.2, 0.25) is 0 Å². The van der Waals surface area contributed by atoms with E-state index in [4.69, 9.17) is 0 Å². The average Bonchev–Trinajstić information content (AvgIpc) is 3.33. The van der Waals surface area contributed by atoms with Gasteiger partial charge in [0.25, 0.3) is 0 Å². The van der Waals surface area contributed by atoms with Crippen LogP contribution in [0.2, 0.25) is 0 Å². The van der Waals surface area contributed by atoms with E-state index in [1.165, 1.54) is 17.8 Å². The van der Waals surface area contributed by atoms with Crippen LogP contribution < -0.4 is 5.69 Å². The lowest BCUT2D eigenvalue weighted by Gasteiger charge is -2.05. The minimum atomic E-state index is -0.429. The molecule has 0 N–H and O–H groups in total. The summed E-state index contributed by atoms with van der Waals surface area (Å²) in [4.78, 5) is 53.7. The van der Waals surface area contributed by atoms with E-state index in [1.807, 2.05) is 51.4 Å². The molecule has 35 heavy (non-hydrogen) atoms. The van der Waals surface area contributed by atoms with Crippen LogP contribution in [0.25, 0.3) is 22.7 Å². The van der Waals surface area contributed by atoms with E-state index < -0.39 is 5.69 Å². The molecule has 0 radical (unpaired) electrons. The van der Waals surface area contributed by atoms with Gasteiger partial charge in [-0.2, -0.15) is 4.98 Å². The molecule has 0 bridgehead atoms. The summed E-state index contributed by atoms with van der Waals surface area (Å²) in [7, 11) is 0. The van der Waals surface area contributed by atoms with Gasteiger partial charge in [-0.3, -0.25) is 14.2 Å². The van der Waals surface area contributed by atoms with E-state index in [0.29, 0.717) is 44.8 Å². The molecular formula is C25H19IN6O3. The number of aromatic nitrogens is 6. The van der Waals surface area contributed by atoms with Crippen LogP contribution in [-0.2, 0) is 13.1 Å². The van der Waals surface area contributed by atoms with Crippen LogP contribution in [0.1, 0.15) is 38.8 Å². The van der Waals surface area contributed by atoms with Crippen molar-refractivity contribution in [3.8, 4) is 11.5 Å². The van der Waals surface area contributed by atoms with Gasteiger partial charge in [-0.05, 0) is 18.1 Å². The zero-order chi connectivity index (χ0) is 24.5. The van der Waals surface area contributed by atoms with E-state index in [2.05, 4.69) is 19.9 Å². The fourth-order valence-corrected chi connectivity index (χ4v) is 4.33. The van der Waals surface area contributed by atoms with Crippen LogP contribution in [0.3, 0.4) is 0 Å². The largest absolute Gasteiger partial charge is 0.350 e. The predicted octanol–water partition coefficient (Wildman–Crippen LogP) is 3.40. The Morgan fingerprint density at radius 2 is 1.54 bits per heavy atom. The minimum Gasteiger partial charge on any atom is -0.311 e. The Kier molecular flexibility index (Phi) is 6.20. The molecule has 9 nitrogen and oxygen atoms in total. The molecule has 2 aliphatic rings. The van der Waals surface area contributed by atoms with Crippen LogP contribution in [0.4, 0.5) is 0 Å². The van der Waals surface area contributed by atoms with Crippen LogP contribution in [0.5, 0.6) is 0 Å². The van der Waals surface area contributed by atoms with Crippen LogP contribution in [0.15, 0.2) is 66.0 Å². The van der Waals surface area contributed by atoms with Crippen molar-refractivity contribution in [2.75, 3.05) is 4.43 Å². The molecule has 2 aliphatic heterocycles.